The third-order valence-corrected chi connectivity index (χ3v) is 12.6. The van der Waals surface area contributed by atoms with Crippen molar-refractivity contribution >= 4 is 40.2 Å². The van der Waals surface area contributed by atoms with Gasteiger partial charge < -0.3 is 17.7 Å². The zero-order chi connectivity index (χ0) is 18.2. The van der Waals surface area contributed by atoms with E-state index in [1.807, 2.05) is 21.6 Å². The molecule has 0 aromatic heterocycles. The van der Waals surface area contributed by atoms with Gasteiger partial charge in [-0.05, 0) is 40.5 Å². The molecule has 0 amide bonds. The van der Waals surface area contributed by atoms with Gasteiger partial charge in [0, 0.05) is 26.4 Å². The van der Waals surface area contributed by atoms with Crippen molar-refractivity contribution in [3.05, 3.63) is 0 Å². The van der Waals surface area contributed by atoms with Crippen LogP contribution in [0.15, 0.2) is 0 Å². The van der Waals surface area contributed by atoms with Gasteiger partial charge in [0.05, 0.1) is 9.75 Å². The SMILES string of the molecule is CCCC(SSC(CCC)[Si](OCC)OCC)[Si](OCC)OCC. The van der Waals surface area contributed by atoms with Crippen molar-refractivity contribution in [1.29, 1.82) is 0 Å². The van der Waals surface area contributed by atoms with Crippen molar-refractivity contribution in [2.24, 2.45) is 0 Å². The first kappa shape index (κ1) is 25.0. The highest BCUT2D eigenvalue weighted by molar-refractivity contribution is 8.77. The Bertz CT molecular complexity index is 240. The van der Waals surface area contributed by atoms with Crippen LogP contribution in [-0.2, 0) is 17.7 Å². The summed E-state index contributed by atoms with van der Waals surface area (Å²) >= 11 is 0. The summed E-state index contributed by atoms with van der Waals surface area (Å²) in [4.78, 5) is 0.881. The van der Waals surface area contributed by atoms with Crippen molar-refractivity contribution in [2.75, 3.05) is 26.4 Å². The van der Waals surface area contributed by atoms with Crippen molar-refractivity contribution in [3.8, 4) is 0 Å². The van der Waals surface area contributed by atoms with E-state index in [1.165, 1.54) is 0 Å². The van der Waals surface area contributed by atoms with E-state index in [1.54, 1.807) is 0 Å². The van der Waals surface area contributed by atoms with Gasteiger partial charge in [-0.2, -0.15) is 0 Å². The molecule has 0 aliphatic carbocycles. The van der Waals surface area contributed by atoms with E-state index in [9.17, 15) is 0 Å². The summed E-state index contributed by atoms with van der Waals surface area (Å²) in [5, 5.41) is 0. The predicted molar refractivity (Wildman–Crippen MR) is 111 cm³/mol. The molecule has 0 N–H and O–H groups in total. The normalized spacial score (nSPS) is 14.5. The Morgan fingerprint density at radius 2 is 0.875 bits per heavy atom. The van der Waals surface area contributed by atoms with Crippen molar-refractivity contribution in [1.82, 2.24) is 0 Å². The van der Waals surface area contributed by atoms with E-state index >= 15 is 0 Å². The molecule has 0 bridgehead atoms. The maximum absolute atomic E-state index is 5.94. The van der Waals surface area contributed by atoms with Crippen LogP contribution in [0.1, 0.15) is 67.2 Å². The molecule has 0 heterocycles. The van der Waals surface area contributed by atoms with Gasteiger partial charge in [-0.1, -0.05) is 48.3 Å². The van der Waals surface area contributed by atoms with E-state index in [0.29, 0.717) is 9.75 Å². The largest absolute Gasteiger partial charge is 0.399 e. The zero-order valence-electron chi connectivity index (χ0n) is 16.3. The van der Waals surface area contributed by atoms with Gasteiger partial charge in [0.15, 0.2) is 0 Å². The first-order chi connectivity index (χ1) is 11.7. The van der Waals surface area contributed by atoms with Gasteiger partial charge in [0.1, 0.15) is 0 Å². The van der Waals surface area contributed by atoms with Crippen LogP contribution in [0.5, 0.6) is 0 Å². The van der Waals surface area contributed by atoms with Gasteiger partial charge in [0.25, 0.3) is 0 Å². The summed E-state index contributed by atoms with van der Waals surface area (Å²) in [6, 6.07) is 0. The molecule has 0 rings (SSSR count). The third kappa shape index (κ3) is 10.9. The molecule has 0 saturated heterocycles. The molecule has 0 aromatic carbocycles. The molecule has 2 unspecified atom stereocenters. The fourth-order valence-electron chi connectivity index (χ4n) is 2.09. The lowest BCUT2D eigenvalue weighted by atomic mass is 10.4. The quantitative estimate of drug-likeness (QED) is 0.250. The van der Waals surface area contributed by atoms with E-state index in [4.69, 9.17) is 17.7 Å². The van der Waals surface area contributed by atoms with Crippen LogP contribution < -0.4 is 0 Å². The highest BCUT2D eigenvalue weighted by Gasteiger charge is 2.33. The molecule has 0 saturated carbocycles. The third-order valence-electron chi connectivity index (χ3n) is 3.06. The molecule has 8 heteroatoms. The molecule has 0 aromatic rings. The predicted octanol–water partition coefficient (Wildman–Crippen LogP) is 4.91. The highest BCUT2D eigenvalue weighted by atomic mass is 33.1. The van der Waals surface area contributed by atoms with Crippen LogP contribution in [0.25, 0.3) is 0 Å². The summed E-state index contributed by atoms with van der Waals surface area (Å²) < 4.78 is 23.7. The van der Waals surface area contributed by atoms with Crippen LogP contribution >= 0.6 is 21.6 Å². The zero-order valence-corrected chi connectivity index (χ0v) is 19.9. The molecular formula is C16H36O4S2Si2. The minimum Gasteiger partial charge on any atom is -0.393 e. The fourth-order valence-corrected chi connectivity index (χ4v) is 11.4. The molecule has 0 aliphatic heterocycles. The summed E-state index contributed by atoms with van der Waals surface area (Å²) in [6.45, 7) is 15.6. The van der Waals surface area contributed by atoms with Crippen LogP contribution in [0.2, 0.25) is 0 Å². The van der Waals surface area contributed by atoms with E-state index < -0.39 is 18.6 Å². The Morgan fingerprint density at radius 3 is 1.08 bits per heavy atom. The number of rotatable bonds is 17. The summed E-state index contributed by atoms with van der Waals surface area (Å²) in [7, 11) is 1.41. The molecule has 4 nitrogen and oxygen atoms in total. The molecule has 0 aliphatic rings. The number of hydrogen-bond donors (Lipinski definition) is 0. The molecular weight excluding hydrogens is 376 g/mol. The van der Waals surface area contributed by atoms with Crippen molar-refractivity contribution < 1.29 is 17.7 Å². The van der Waals surface area contributed by atoms with Gasteiger partial charge in [-0.25, -0.2) is 0 Å². The van der Waals surface area contributed by atoms with Gasteiger partial charge in [0.2, 0.25) is 0 Å². The Labute approximate surface area is 161 Å². The minimum absolute atomic E-state index is 0.441. The van der Waals surface area contributed by atoms with Gasteiger partial charge >= 0.3 is 18.6 Å². The molecule has 2 radical (unpaired) electrons. The Kier molecular flexibility index (Phi) is 18.1. The topological polar surface area (TPSA) is 36.9 Å². The molecule has 144 valence electrons. The van der Waals surface area contributed by atoms with Gasteiger partial charge in [-0.15, -0.1) is 0 Å². The average molecular weight is 413 g/mol. The molecule has 2 atom stereocenters. The minimum atomic E-state index is -1.24. The van der Waals surface area contributed by atoms with Crippen LogP contribution in [0.3, 0.4) is 0 Å². The number of hydrogen-bond acceptors (Lipinski definition) is 6. The standard InChI is InChI=1S/C16H36O4S2Si2/c1-7-13-15(23(17-9-3)18-10-4)21-22-16(14-8-2)24(19-11-5)20-12-6/h15-16H,7-14H2,1-6H3. The summed E-state index contributed by atoms with van der Waals surface area (Å²) in [5.41, 5.74) is 0. The van der Waals surface area contributed by atoms with Crippen LogP contribution in [-0.4, -0.2) is 54.7 Å². The fraction of sp³-hybridized carbons (Fsp3) is 1.00. The second kappa shape index (κ2) is 17.4. The maximum Gasteiger partial charge on any atom is 0.399 e. The van der Waals surface area contributed by atoms with Gasteiger partial charge in [-0.3, -0.25) is 0 Å². The monoisotopic (exact) mass is 412 g/mol. The first-order valence-corrected chi connectivity index (χ1v) is 14.3. The maximum atomic E-state index is 5.94. The molecule has 0 spiro atoms. The Hall–Kier alpha value is 0.974. The second-order valence-corrected chi connectivity index (χ2v) is 12.5. The molecule has 24 heavy (non-hydrogen) atoms. The Balaban J connectivity index is 4.81. The smallest absolute Gasteiger partial charge is 0.393 e. The van der Waals surface area contributed by atoms with E-state index in [-0.39, 0.29) is 0 Å². The Morgan fingerprint density at radius 1 is 0.583 bits per heavy atom. The summed E-state index contributed by atoms with van der Waals surface area (Å²) in [5.74, 6) is 0. The van der Waals surface area contributed by atoms with E-state index in [0.717, 1.165) is 52.1 Å². The van der Waals surface area contributed by atoms with Crippen molar-refractivity contribution in [2.45, 2.75) is 77.0 Å². The lowest BCUT2D eigenvalue weighted by Crippen LogP contribution is -2.37. The second-order valence-electron chi connectivity index (χ2n) is 5.12. The van der Waals surface area contributed by atoms with Crippen LogP contribution in [0, 0.1) is 0 Å². The van der Waals surface area contributed by atoms with Crippen molar-refractivity contribution in [3.63, 3.8) is 0 Å². The average Bonchev–Trinajstić information content (AvgIpc) is 2.57. The lowest BCUT2D eigenvalue weighted by Gasteiger charge is -2.26. The van der Waals surface area contributed by atoms with Crippen LogP contribution in [0.4, 0.5) is 0 Å². The van der Waals surface area contributed by atoms with E-state index in [2.05, 4.69) is 41.5 Å². The highest BCUT2D eigenvalue weighted by Crippen LogP contribution is 2.38. The molecule has 0 fully saturated rings. The first-order valence-electron chi connectivity index (χ1n) is 9.25. The summed E-state index contributed by atoms with van der Waals surface area (Å²) in [6.07, 6.45) is 4.58. The lowest BCUT2D eigenvalue weighted by molar-refractivity contribution is 0.210.